The second-order valence-corrected chi connectivity index (χ2v) is 6.55. The zero-order chi connectivity index (χ0) is 14.0. The first-order valence-electron chi connectivity index (χ1n) is 5.54. The third kappa shape index (κ3) is 2.90. The Hall–Kier alpha value is -1.53. The standard InChI is InChI=1S/C13H13BrN2O2S/c1-9-5-4-7-11(15)13(9)19(17,18)16-12-8-3-2-6-10(12)14/h2-8,16H,15H2,1H3. The molecule has 4 nitrogen and oxygen atoms in total. The molecule has 0 aliphatic carbocycles. The number of hydrogen-bond donors (Lipinski definition) is 2. The molecule has 2 aromatic rings. The molecule has 6 heteroatoms. The van der Waals surface area contributed by atoms with E-state index in [0.29, 0.717) is 15.7 Å². The van der Waals surface area contributed by atoms with Gasteiger partial charge in [-0.3, -0.25) is 4.72 Å². The SMILES string of the molecule is Cc1cccc(N)c1S(=O)(=O)Nc1ccccc1Br. The zero-order valence-electron chi connectivity index (χ0n) is 10.2. The van der Waals surface area contributed by atoms with E-state index in [4.69, 9.17) is 5.73 Å². The number of benzene rings is 2. The Bertz CT molecular complexity index is 694. The van der Waals surface area contributed by atoms with Gasteiger partial charge in [0.05, 0.1) is 11.4 Å². The molecular formula is C13H13BrN2O2S. The van der Waals surface area contributed by atoms with Crippen LogP contribution in [0.4, 0.5) is 11.4 Å². The molecule has 0 saturated heterocycles. The average molecular weight is 341 g/mol. The van der Waals surface area contributed by atoms with E-state index in [-0.39, 0.29) is 10.6 Å². The summed E-state index contributed by atoms with van der Waals surface area (Å²) in [6, 6.07) is 12.0. The summed E-state index contributed by atoms with van der Waals surface area (Å²) in [5.41, 5.74) is 7.09. The molecule has 0 fully saturated rings. The van der Waals surface area contributed by atoms with E-state index in [0.717, 1.165) is 0 Å². The molecular weight excluding hydrogens is 328 g/mol. The predicted octanol–water partition coefficient (Wildman–Crippen LogP) is 3.14. The minimum atomic E-state index is -3.70. The minimum absolute atomic E-state index is 0.116. The van der Waals surface area contributed by atoms with Crippen molar-refractivity contribution in [1.82, 2.24) is 0 Å². The van der Waals surface area contributed by atoms with Crippen molar-refractivity contribution in [1.29, 1.82) is 0 Å². The molecule has 0 aliphatic rings. The van der Waals surface area contributed by atoms with Crippen LogP contribution in [0, 0.1) is 6.92 Å². The largest absolute Gasteiger partial charge is 0.398 e. The first-order valence-corrected chi connectivity index (χ1v) is 7.82. The van der Waals surface area contributed by atoms with Gasteiger partial charge < -0.3 is 5.73 Å². The molecule has 3 N–H and O–H groups in total. The molecule has 0 radical (unpaired) electrons. The fourth-order valence-corrected chi connectivity index (χ4v) is 3.74. The fraction of sp³-hybridized carbons (Fsp3) is 0.0769. The second kappa shape index (κ2) is 5.22. The summed E-state index contributed by atoms with van der Waals surface area (Å²) in [7, 11) is -3.70. The van der Waals surface area contributed by atoms with Gasteiger partial charge in [-0.25, -0.2) is 8.42 Å². The van der Waals surface area contributed by atoms with Crippen LogP contribution in [0.2, 0.25) is 0 Å². The lowest BCUT2D eigenvalue weighted by Gasteiger charge is -2.13. The molecule has 0 saturated carbocycles. The van der Waals surface area contributed by atoms with Crippen LogP contribution in [-0.2, 0) is 10.0 Å². The van der Waals surface area contributed by atoms with Crippen LogP contribution in [0.15, 0.2) is 51.8 Å². The lowest BCUT2D eigenvalue weighted by molar-refractivity contribution is 0.601. The Morgan fingerprint density at radius 1 is 1.11 bits per heavy atom. The molecule has 0 amide bonds. The maximum absolute atomic E-state index is 12.4. The van der Waals surface area contributed by atoms with Crippen LogP contribution in [0.3, 0.4) is 0 Å². The van der Waals surface area contributed by atoms with Crippen LogP contribution in [0.5, 0.6) is 0 Å². The van der Waals surface area contributed by atoms with Crippen molar-refractivity contribution in [3.8, 4) is 0 Å². The van der Waals surface area contributed by atoms with E-state index in [9.17, 15) is 8.42 Å². The van der Waals surface area contributed by atoms with E-state index in [1.54, 1.807) is 43.3 Å². The molecule has 0 heterocycles. The lowest BCUT2D eigenvalue weighted by atomic mass is 10.2. The summed E-state index contributed by atoms with van der Waals surface area (Å²) < 4.78 is 28.0. The van der Waals surface area contributed by atoms with Crippen LogP contribution in [0.25, 0.3) is 0 Å². The van der Waals surface area contributed by atoms with Gasteiger partial charge in [-0.15, -0.1) is 0 Å². The Balaban J connectivity index is 2.47. The van der Waals surface area contributed by atoms with E-state index in [1.807, 2.05) is 6.07 Å². The number of anilines is 2. The fourth-order valence-electron chi connectivity index (χ4n) is 1.78. The van der Waals surface area contributed by atoms with Gasteiger partial charge in [0.15, 0.2) is 0 Å². The monoisotopic (exact) mass is 340 g/mol. The number of halogens is 1. The Labute approximate surface area is 120 Å². The first-order chi connectivity index (χ1) is 8.92. The molecule has 19 heavy (non-hydrogen) atoms. The summed E-state index contributed by atoms with van der Waals surface area (Å²) >= 11 is 3.30. The zero-order valence-corrected chi connectivity index (χ0v) is 12.6. The topological polar surface area (TPSA) is 72.2 Å². The smallest absolute Gasteiger partial charge is 0.264 e. The minimum Gasteiger partial charge on any atom is -0.398 e. The van der Waals surface area contributed by atoms with Crippen LogP contribution in [0.1, 0.15) is 5.56 Å². The molecule has 0 atom stereocenters. The first kappa shape index (κ1) is 13.9. The van der Waals surface area contributed by atoms with E-state index in [2.05, 4.69) is 20.7 Å². The van der Waals surface area contributed by atoms with Crippen molar-refractivity contribution in [2.24, 2.45) is 0 Å². The van der Waals surface area contributed by atoms with Crippen LogP contribution >= 0.6 is 15.9 Å². The molecule has 2 aromatic carbocycles. The molecule has 0 bridgehead atoms. The van der Waals surface area contributed by atoms with Gasteiger partial charge >= 0.3 is 0 Å². The molecule has 2 rings (SSSR count). The van der Waals surface area contributed by atoms with E-state index in [1.165, 1.54) is 0 Å². The molecule has 0 aromatic heterocycles. The third-order valence-corrected chi connectivity index (χ3v) is 4.90. The van der Waals surface area contributed by atoms with Crippen molar-refractivity contribution in [2.45, 2.75) is 11.8 Å². The van der Waals surface area contributed by atoms with Gasteiger partial charge in [0.2, 0.25) is 0 Å². The number of para-hydroxylation sites is 1. The lowest BCUT2D eigenvalue weighted by Crippen LogP contribution is -2.16. The van der Waals surface area contributed by atoms with E-state index >= 15 is 0 Å². The van der Waals surface area contributed by atoms with Crippen molar-refractivity contribution >= 4 is 37.3 Å². The maximum Gasteiger partial charge on any atom is 0.264 e. The molecule has 0 spiro atoms. The van der Waals surface area contributed by atoms with Gasteiger partial charge in [-0.2, -0.15) is 0 Å². The highest BCUT2D eigenvalue weighted by Gasteiger charge is 2.20. The summed E-state index contributed by atoms with van der Waals surface area (Å²) in [6.07, 6.45) is 0. The van der Waals surface area contributed by atoms with E-state index < -0.39 is 10.0 Å². The van der Waals surface area contributed by atoms with Crippen molar-refractivity contribution in [3.05, 3.63) is 52.5 Å². The van der Waals surface area contributed by atoms with Crippen LogP contribution < -0.4 is 10.5 Å². The van der Waals surface area contributed by atoms with Gasteiger partial charge in [-0.1, -0.05) is 24.3 Å². The quantitative estimate of drug-likeness (QED) is 0.843. The van der Waals surface area contributed by atoms with Crippen molar-refractivity contribution in [3.63, 3.8) is 0 Å². The number of rotatable bonds is 3. The average Bonchev–Trinajstić information content (AvgIpc) is 2.31. The Morgan fingerprint density at radius 3 is 2.42 bits per heavy atom. The number of hydrogen-bond acceptors (Lipinski definition) is 3. The van der Waals surface area contributed by atoms with Gasteiger partial charge in [-0.05, 0) is 46.6 Å². The predicted molar refractivity (Wildman–Crippen MR) is 80.5 cm³/mol. The highest BCUT2D eigenvalue weighted by molar-refractivity contribution is 9.10. The Morgan fingerprint density at radius 2 is 1.79 bits per heavy atom. The molecule has 0 unspecified atom stereocenters. The summed E-state index contributed by atoms with van der Waals surface area (Å²) in [6.45, 7) is 1.71. The number of nitrogen functional groups attached to an aromatic ring is 1. The molecule has 100 valence electrons. The number of sulfonamides is 1. The van der Waals surface area contributed by atoms with Crippen LogP contribution in [-0.4, -0.2) is 8.42 Å². The van der Waals surface area contributed by atoms with Gasteiger partial charge in [0, 0.05) is 4.47 Å². The van der Waals surface area contributed by atoms with Gasteiger partial charge in [0.1, 0.15) is 4.90 Å². The maximum atomic E-state index is 12.4. The summed E-state index contributed by atoms with van der Waals surface area (Å²) in [4.78, 5) is 0.116. The van der Waals surface area contributed by atoms with Gasteiger partial charge in [0.25, 0.3) is 10.0 Å². The third-order valence-electron chi connectivity index (χ3n) is 2.63. The molecule has 0 aliphatic heterocycles. The Kier molecular flexibility index (Phi) is 3.82. The van der Waals surface area contributed by atoms with Crippen molar-refractivity contribution in [2.75, 3.05) is 10.5 Å². The second-order valence-electron chi connectivity index (χ2n) is 4.08. The highest BCUT2D eigenvalue weighted by Crippen LogP contribution is 2.28. The summed E-state index contributed by atoms with van der Waals surface area (Å²) in [5.74, 6) is 0. The number of nitrogens with one attached hydrogen (secondary N) is 1. The normalized spacial score (nSPS) is 11.3. The highest BCUT2D eigenvalue weighted by atomic mass is 79.9. The van der Waals surface area contributed by atoms with Crippen molar-refractivity contribution < 1.29 is 8.42 Å². The number of aryl methyl sites for hydroxylation is 1. The summed E-state index contributed by atoms with van der Waals surface area (Å²) in [5, 5.41) is 0. The number of nitrogens with two attached hydrogens (primary N) is 1.